The molecule has 112 valence electrons. The molecule has 0 amide bonds. The van der Waals surface area contributed by atoms with Gasteiger partial charge in [0.1, 0.15) is 10.6 Å². The Balaban J connectivity index is 2.32. The number of methoxy groups -OCH3 is 1. The highest BCUT2D eigenvalue weighted by atomic mass is 32.2. The van der Waals surface area contributed by atoms with Gasteiger partial charge in [0.05, 0.1) is 25.2 Å². The number of anilines is 2. The van der Waals surface area contributed by atoms with E-state index >= 15 is 0 Å². The lowest BCUT2D eigenvalue weighted by molar-refractivity contribution is 0.415. The summed E-state index contributed by atoms with van der Waals surface area (Å²) in [5, 5.41) is 0. The number of nitrogens with one attached hydrogen (secondary N) is 1. The van der Waals surface area contributed by atoms with E-state index in [0.717, 1.165) is 4.31 Å². The van der Waals surface area contributed by atoms with E-state index in [9.17, 15) is 8.42 Å². The molecule has 0 saturated carbocycles. The van der Waals surface area contributed by atoms with Crippen molar-refractivity contribution in [3.8, 4) is 5.75 Å². The van der Waals surface area contributed by atoms with Gasteiger partial charge in [-0.05, 0) is 24.3 Å². The largest absolute Gasteiger partial charge is 0.497 e. The molecule has 1 heterocycles. The van der Waals surface area contributed by atoms with Gasteiger partial charge < -0.3 is 4.74 Å². The van der Waals surface area contributed by atoms with Crippen LogP contribution < -0.4 is 20.3 Å². The minimum atomic E-state index is -3.74. The molecule has 1 aromatic heterocycles. The van der Waals surface area contributed by atoms with Gasteiger partial charge in [-0.25, -0.2) is 24.2 Å². The van der Waals surface area contributed by atoms with Gasteiger partial charge in [0.2, 0.25) is 5.95 Å². The van der Waals surface area contributed by atoms with Crippen molar-refractivity contribution in [3.63, 3.8) is 0 Å². The summed E-state index contributed by atoms with van der Waals surface area (Å²) in [6.45, 7) is 0. The van der Waals surface area contributed by atoms with Gasteiger partial charge in [-0.2, -0.15) is 0 Å². The van der Waals surface area contributed by atoms with Gasteiger partial charge in [0.25, 0.3) is 10.0 Å². The predicted molar refractivity (Wildman–Crippen MR) is 78.4 cm³/mol. The van der Waals surface area contributed by atoms with Gasteiger partial charge in [0, 0.05) is 7.05 Å². The number of hydrogen-bond acceptors (Lipinski definition) is 7. The third-order valence-corrected chi connectivity index (χ3v) is 4.59. The van der Waals surface area contributed by atoms with Crippen LogP contribution in [0, 0.1) is 0 Å². The average molecular weight is 309 g/mol. The standard InChI is InChI=1S/C12H15N5O3S/c1-17(9-3-5-10(20-2)6-4-9)21(18,19)11-7-14-12(16-13)15-8-11/h3-8H,13H2,1-2H3,(H,14,15,16). The molecule has 9 heteroatoms. The SMILES string of the molecule is COc1ccc(N(C)S(=O)(=O)c2cnc(NN)nc2)cc1. The van der Waals surface area contributed by atoms with Crippen LogP contribution in [-0.2, 0) is 10.0 Å². The fourth-order valence-electron chi connectivity index (χ4n) is 1.61. The van der Waals surface area contributed by atoms with Gasteiger partial charge in [-0.1, -0.05) is 0 Å². The Morgan fingerprint density at radius 1 is 1.19 bits per heavy atom. The molecular formula is C12H15N5O3S. The molecular weight excluding hydrogens is 294 g/mol. The van der Waals surface area contributed by atoms with Crippen LogP contribution in [0.15, 0.2) is 41.6 Å². The third-order valence-electron chi connectivity index (χ3n) is 2.85. The molecule has 21 heavy (non-hydrogen) atoms. The number of aromatic nitrogens is 2. The lowest BCUT2D eigenvalue weighted by Crippen LogP contribution is -2.27. The van der Waals surface area contributed by atoms with Crippen molar-refractivity contribution in [2.24, 2.45) is 5.84 Å². The maximum atomic E-state index is 12.4. The van der Waals surface area contributed by atoms with E-state index in [0.29, 0.717) is 11.4 Å². The summed E-state index contributed by atoms with van der Waals surface area (Å²) in [6.07, 6.45) is 2.38. The maximum Gasteiger partial charge on any atom is 0.267 e. The molecule has 0 spiro atoms. The summed E-state index contributed by atoms with van der Waals surface area (Å²) in [4.78, 5) is 7.56. The monoisotopic (exact) mass is 309 g/mol. The number of ether oxygens (including phenoxy) is 1. The number of nitrogen functional groups attached to an aromatic ring is 1. The van der Waals surface area contributed by atoms with Crippen molar-refractivity contribution < 1.29 is 13.2 Å². The quantitative estimate of drug-likeness (QED) is 0.614. The highest BCUT2D eigenvalue weighted by molar-refractivity contribution is 7.92. The minimum absolute atomic E-state index is 0.0279. The van der Waals surface area contributed by atoms with Gasteiger partial charge in [-0.3, -0.25) is 9.73 Å². The molecule has 0 aliphatic rings. The van der Waals surface area contributed by atoms with Crippen LogP contribution in [-0.4, -0.2) is 32.5 Å². The molecule has 0 fully saturated rings. The van der Waals surface area contributed by atoms with E-state index in [1.807, 2.05) is 0 Å². The normalized spacial score (nSPS) is 11.0. The molecule has 3 N–H and O–H groups in total. The Labute approximate surface area is 122 Å². The Kier molecular flexibility index (Phi) is 4.24. The molecule has 0 aliphatic heterocycles. The van der Waals surface area contributed by atoms with Crippen LogP contribution in [0.5, 0.6) is 5.75 Å². The summed E-state index contributed by atoms with van der Waals surface area (Å²) < 4.78 is 31.1. The molecule has 1 aromatic carbocycles. The van der Waals surface area contributed by atoms with E-state index in [-0.39, 0.29) is 10.8 Å². The van der Waals surface area contributed by atoms with E-state index in [1.54, 1.807) is 31.4 Å². The number of benzene rings is 1. The van der Waals surface area contributed by atoms with Crippen molar-refractivity contribution >= 4 is 21.7 Å². The van der Waals surface area contributed by atoms with Crippen molar-refractivity contribution in [3.05, 3.63) is 36.7 Å². The zero-order chi connectivity index (χ0) is 15.5. The van der Waals surface area contributed by atoms with Crippen LogP contribution >= 0.6 is 0 Å². The van der Waals surface area contributed by atoms with Crippen LogP contribution in [0.3, 0.4) is 0 Å². The number of sulfonamides is 1. The first-order chi connectivity index (χ1) is 9.98. The fraction of sp³-hybridized carbons (Fsp3) is 0.167. The molecule has 2 aromatic rings. The Morgan fingerprint density at radius 3 is 2.24 bits per heavy atom. The Morgan fingerprint density at radius 2 is 1.76 bits per heavy atom. The first kappa shape index (κ1) is 15.0. The summed E-state index contributed by atoms with van der Waals surface area (Å²) in [5.41, 5.74) is 2.73. The van der Waals surface area contributed by atoms with Crippen molar-refractivity contribution in [1.29, 1.82) is 0 Å². The second-order valence-corrected chi connectivity index (χ2v) is 6.03. The first-order valence-electron chi connectivity index (χ1n) is 5.90. The maximum absolute atomic E-state index is 12.4. The highest BCUT2D eigenvalue weighted by Crippen LogP contribution is 2.23. The first-order valence-corrected chi connectivity index (χ1v) is 7.34. The number of nitrogens with two attached hydrogens (primary N) is 1. The zero-order valence-corrected chi connectivity index (χ0v) is 12.3. The zero-order valence-electron chi connectivity index (χ0n) is 11.5. The molecule has 0 radical (unpaired) electrons. The Bertz CT molecular complexity index is 701. The molecule has 0 aliphatic carbocycles. The van der Waals surface area contributed by atoms with E-state index < -0.39 is 10.0 Å². The van der Waals surface area contributed by atoms with Crippen LogP contribution in [0.25, 0.3) is 0 Å². The minimum Gasteiger partial charge on any atom is -0.497 e. The summed E-state index contributed by atoms with van der Waals surface area (Å²) >= 11 is 0. The van der Waals surface area contributed by atoms with Gasteiger partial charge in [0.15, 0.2) is 0 Å². The van der Waals surface area contributed by atoms with E-state index in [2.05, 4.69) is 15.4 Å². The van der Waals surface area contributed by atoms with Crippen molar-refractivity contribution in [2.45, 2.75) is 4.90 Å². The number of hydrogen-bond donors (Lipinski definition) is 2. The van der Waals surface area contributed by atoms with Crippen molar-refractivity contribution in [1.82, 2.24) is 9.97 Å². The molecule has 0 unspecified atom stereocenters. The number of nitrogens with zero attached hydrogens (tertiary/aromatic N) is 3. The second-order valence-electron chi connectivity index (χ2n) is 4.06. The number of rotatable bonds is 5. The van der Waals surface area contributed by atoms with Gasteiger partial charge in [-0.15, -0.1) is 0 Å². The topological polar surface area (TPSA) is 110 Å². The number of hydrazine groups is 1. The van der Waals surface area contributed by atoms with E-state index in [4.69, 9.17) is 10.6 Å². The van der Waals surface area contributed by atoms with Crippen LogP contribution in [0.2, 0.25) is 0 Å². The molecule has 0 saturated heterocycles. The van der Waals surface area contributed by atoms with Crippen molar-refractivity contribution in [2.75, 3.05) is 23.9 Å². The molecule has 2 rings (SSSR count). The summed E-state index contributed by atoms with van der Waals surface area (Å²) in [7, 11) is -0.746. The third kappa shape index (κ3) is 3.03. The molecule has 0 atom stereocenters. The lowest BCUT2D eigenvalue weighted by atomic mass is 10.3. The predicted octanol–water partition coefficient (Wildman–Crippen LogP) is 0.596. The average Bonchev–Trinajstić information content (AvgIpc) is 2.54. The second kappa shape index (κ2) is 5.94. The van der Waals surface area contributed by atoms with E-state index in [1.165, 1.54) is 19.4 Å². The highest BCUT2D eigenvalue weighted by Gasteiger charge is 2.22. The van der Waals surface area contributed by atoms with Gasteiger partial charge >= 0.3 is 0 Å². The van der Waals surface area contributed by atoms with Crippen LogP contribution in [0.4, 0.5) is 11.6 Å². The smallest absolute Gasteiger partial charge is 0.267 e. The molecule has 8 nitrogen and oxygen atoms in total. The molecule has 0 bridgehead atoms. The fourth-order valence-corrected chi connectivity index (χ4v) is 2.70. The van der Waals surface area contributed by atoms with Crippen LogP contribution in [0.1, 0.15) is 0 Å². The summed E-state index contributed by atoms with van der Waals surface area (Å²) in [5.74, 6) is 5.92. The Hall–Kier alpha value is -2.39. The lowest BCUT2D eigenvalue weighted by Gasteiger charge is -2.19. The summed E-state index contributed by atoms with van der Waals surface area (Å²) in [6, 6.07) is 6.65.